The molecule has 0 spiro atoms. The molecule has 1 saturated heterocycles. The molecule has 0 unspecified atom stereocenters. The molecule has 6 heteroatoms. The molecule has 2 heterocycles. The lowest BCUT2D eigenvalue weighted by atomic mass is 9.97. The van der Waals surface area contributed by atoms with Crippen LogP contribution < -0.4 is 10.6 Å². The van der Waals surface area contributed by atoms with Crippen molar-refractivity contribution in [2.24, 2.45) is 0 Å². The predicted molar refractivity (Wildman–Crippen MR) is 72.1 cm³/mol. The lowest BCUT2D eigenvalue weighted by molar-refractivity contribution is -0.120. The van der Waals surface area contributed by atoms with E-state index < -0.39 is 0 Å². The Morgan fingerprint density at radius 3 is 3.11 bits per heavy atom. The second-order valence-corrected chi connectivity index (χ2v) is 5.34. The molecule has 100 valence electrons. The van der Waals surface area contributed by atoms with Gasteiger partial charge < -0.3 is 10.1 Å². The summed E-state index contributed by atoms with van der Waals surface area (Å²) in [6, 6.07) is 0. The standard InChI is InChI=1S/C12H19N3O2S/c1-2-17-8-11(16)15-12-14-7-10(18-12)9-3-5-13-6-4-9/h7,9,13H,2-6,8H2,1H3,(H,14,15,16). The van der Waals surface area contributed by atoms with Crippen LogP contribution in [0, 0.1) is 0 Å². The summed E-state index contributed by atoms with van der Waals surface area (Å²) >= 11 is 1.57. The van der Waals surface area contributed by atoms with Crippen molar-refractivity contribution in [1.82, 2.24) is 10.3 Å². The highest BCUT2D eigenvalue weighted by atomic mass is 32.1. The molecule has 18 heavy (non-hydrogen) atoms. The van der Waals surface area contributed by atoms with Crippen LogP contribution in [0.4, 0.5) is 5.13 Å². The number of rotatable bonds is 5. The Kier molecular flexibility index (Phi) is 5.10. The molecule has 0 aromatic carbocycles. The molecule has 0 aliphatic carbocycles. The number of hydrogen-bond donors (Lipinski definition) is 2. The van der Waals surface area contributed by atoms with E-state index in [1.807, 2.05) is 13.1 Å². The van der Waals surface area contributed by atoms with Gasteiger partial charge in [-0.05, 0) is 38.8 Å². The second kappa shape index (κ2) is 6.82. The van der Waals surface area contributed by atoms with Crippen molar-refractivity contribution < 1.29 is 9.53 Å². The van der Waals surface area contributed by atoms with Gasteiger partial charge in [0.1, 0.15) is 6.61 Å². The van der Waals surface area contributed by atoms with Gasteiger partial charge in [0.15, 0.2) is 5.13 Å². The average Bonchev–Trinajstić information content (AvgIpc) is 2.86. The number of ether oxygens (including phenoxy) is 1. The minimum atomic E-state index is -0.136. The number of nitrogens with one attached hydrogen (secondary N) is 2. The third-order valence-corrected chi connectivity index (χ3v) is 4.02. The normalized spacial score (nSPS) is 16.7. The van der Waals surface area contributed by atoms with E-state index in [9.17, 15) is 4.79 Å². The smallest absolute Gasteiger partial charge is 0.252 e. The van der Waals surface area contributed by atoms with Crippen molar-refractivity contribution in [3.8, 4) is 0 Å². The zero-order valence-electron chi connectivity index (χ0n) is 10.6. The molecule has 2 N–H and O–H groups in total. The summed E-state index contributed by atoms with van der Waals surface area (Å²) in [5.74, 6) is 0.448. The van der Waals surface area contributed by atoms with Crippen molar-refractivity contribution in [3.63, 3.8) is 0 Å². The summed E-state index contributed by atoms with van der Waals surface area (Å²) in [6.07, 6.45) is 4.18. The Morgan fingerprint density at radius 1 is 1.61 bits per heavy atom. The van der Waals surface area contributed by atoms with Gasteiger partial charge in [-0.2, -0.15) is 0 Å². The predicted octanol–water partition coefficient (Wildman–Crippen LogP) is 1.59. The molecular formula is C12H19N3O2S. The van der Waals surface area contributed by atoms with E-state index in [2.05, 4.69) is 15.6 Å². The average molecular weight is 269 g/mol. The Bertz CT molecular complexity index is 388. The van der Waals surface area contributed by atoms with Gasteiger partial charge in [-0.15, -0.1) is 11.3 Å². The Labute approximate surface area is 111 Å². The van der Waals surface area contributed by atoms with Gasteiger partial charge in [0.05, 0.1) is 0 Å². The van der Waals surface area contributed by atoms with Crippen molar-refractivity contribution in [1.29, 1.82) is 0 Å². The summed E-state index contributed by atoms with van der Waals surface area (Å²) in [6.45, 7) is 4.64. The number of piperidine rings is 1. The number of hydrogen-bond acceptors (Lipinski definition) is 5. The summed E-state index contributed by atoms with van der Waals surface area (Å²) in [5.41, 5.74) is 0. The van der Waals surface area contributed by atoms with Crippen molar-refractivity contribution in [2.45, 2.75) is 25.7 Å². The fourth-order valence-electron chi connectivity index (χ4n) is 1.99. The number of thiazole rings is 1. The van der Waals surface area contributed by atoms with Crippen molar-refractivity contribution in [2.75, 3.05) is 31.6 Å². The first-order valence-corrected chi connectivity index (χ1v) is 7.15. The molecular weight excluding hydrogens is 250 g/mol. The fourth-order valence-corrected chi connectivity index (χ4v) is 2.99. The number of carbonyl (C=O) groups excluding carboxylic acids is 1. The Balaban J connectivity index is 1.87. The van der Waals surface area contributed by atoms with Crippen LogP contribution in [0.25, 0.3) is 0 Å². The molecule has 0 bridgehead atoms. The number of carbonyl (C=O) groups is 1. The van der Waals surface area contributed by atoms with Gasteiger partial charge in [0.25, 0.3) is 5.91 Å². The molecule has 0 atom stereocenters. The lowest BCUT2D eigenvalue weighted by Crippen LogP contribution is -2.26. The van der Waals surface area contributed by atoms with E-state index in [0.29, 0.717) is 17.7 Å². The van der Waals surface area contributed by atoms with E-state index in [-0.39, 0.29) is 12.5 Å². The monoisotopic (exact) mass is 269 g/mol. The molecule has 1 aliphatic heterocycles. The summed E-state index contributed by atoms with van der Waals surface area (Å²) in [4.78, 5) is 17.0. The van der Waals surface area contributed by atoms with Crippen LogP contribution in [0.15, 0.2) is 6.20 Å². The maximum absolute atomic E-state index is 11.5. The first-order chi connectivity index (χ1) is 8.79. The zero-order valence-corrected chi connectivity index (χ0v) is 11.4. The maximum Gasteiger partial charge on any atom is 0.252 e. The molecule has 0 saturated carbocycles. The molecule has 1 fully saturated rings. The highest BCUT2D eigenvalue weighted by Gasteiger charge is 2.18. The van der Waals surface area contributed by atoms with E-state index in [1.54, 1.807) is 11.3 Å². The SMILES string of the molecule is CCOCC(=O)Nc1ncc(C2CCNCC2)s1. The van der Waals surface area contributed by atoms with Gasteiger partial charge in [-0.25, -0.2) is 4.98 Å². The minimum absolute atomic E-state index is 0.0960. The van der Waals surface area contributed by atoms with Crippen molar-refractivity contribution in [3.05, 3.63) is 11.1 Å². The van der Waals surface area contributed by atoms with Crippen molar-refractivity contribution >= 4 is 22.4 Å². The second-order valence-electron chi connectivity index (χ2n) is 4.28. The first kappa shape index (κ1) is 13.5. The van der Waals surface area contributed by atoms with E-state index in [0.717, 1.165) is 25.9 Å². The van der Waals surface area contributed by atoms with E-state index >= 15 is 0 Å². The van der Waals surface area contributed by atoms with Crippen LogP contribution in [0.5, 0.6) is 0 Å². The van der Waals surface area contributed by atoms with Crippen LogP contribution in [0.2, 0.25) is 0 Å². The Hall–Kier alpha value is -0.980. The largest absolute Gasteiger partial charge is 0.372 e. The maximum atomic E-state index is 11.5. The third-order valence-electron chi connectivity index (χ3n) is 2.95. The zero-order chi connectivity index (χ0) is 12.8. The number of amides is 1. The summed E-state index contributed by atoms with van der Waals surface area (Å²) < 4.78 is 5.05. The van der Waals surface area contributed by atoms with Crippen LogP contribution in [0.1, 0.15) is 30.6 Å². The molecule has 5 nitrogen and oxygen atoms in total. The lowest BCUT2D eigenvalue weighted by Gasteiger charge is -2.20. The van der Waals surface area contributed by atoms with Crippen LogP contribution >= 0.6 is 11.3 Å². The highest BCUT2D eigenvalue weighted by Crippen LogP contribution is 2.31. The quantitative estimate of drug-likeness (QED) is 0.852. The van der Waals surface area contributed by atoms with E-state index in [4.69, 9.17) is 4.74 Å². The highest BCUT2D eigenvalue weighted by molar-refractivity contribution is 7.15. The molecule has 1 aromatic rings. The van der Waals surface area contributed by atoms with Gasteiger partial charge in [0, 0.05) is 17.7 Å². The van der Waals surface area contributed by atoms with Gasteiger partial charge in [-0.3, -0.25) is 10.1 Å². The fraction of sp³-hybridized carbons (Fsp3) is 0.667. The molecule has 0 radical (unpaired) electrons. The molecule has 1 amide bonds. The number of anilines is 1. The van der Waals surface area contributed by atoms with E-state index in [1.165, 1.54) is 4.88 Å². The molecule has 1 aliphatic rings. The Morgan fingerprint density at radius 2 is 2.39 bits per heavy atom. The first-order valence-electron chi connectivity index (χ1n) is 6.33. The number of aromatic nitrogens is 1. The van der Waals surface area contributed by atoms with Gasteiger partial charge in [-0.1, -0.05) is 0 Å². The van der Waals surface area contributed by atoms with Gasteiger partial charge >= 0.3 is 0 Å². The van der Waals surface area contributed by atoms with Crippen LogP contribution in [-0.2, 0) is 9.53 Å². The van der Waals surface area contributed by atoms with Crippen LogP contribution in [0.3, 0.4) is 0 Å². The summed E-state index contributed by atoms with van der Waals surface area (Å²) in [5, 5.41) is 6.78. The van der Waals surface area contributed by atoms with Crippen LogP contribution in [-0.4, -0.2) is 37.2 Å². The molecule has 1 aromatic heterocycles. The third kappa shape index (κ3) is 3.76. The number of nitrogens with zero attached hydrogens (tertiary/aromatic N) is 1. The summed E-state index contributed by atoms with van der Waals surface area (Å²) in [7, 11) is 0. The van der Waals surface area contributed by atoms with Gasteiger partial charge in [0.2, 0.25) is 0 Å². The molecule has 2 rings (SSSR count). The topological polar surface area (TPSA) is 63.2 Å². The minimum Gasteiger partial charge on any atom is -0.372 e.